The highest BCUT2D eigenvalue weighted by Gasteiger charge is 2.31. The van der Waals surface area contributed by atoms with E-state index in [0.717, 1.165) is 0 Å². The van der Waals surface area contributed by atoms with E-state index >= 15 is 0 Å². The molecule has 0 fully saturated rings. The SMILES string of the molecule is NC(=O)CC[C@H](NOC=O)C(=O)NCC(=O)N(Cc1ccccc1)[C@@H](Cc1ccc(N)cc1)C(=O)O. The lowest BCUT2D eigenvalue weighted by Crippen LogP contribution is -2.52. The number of nitrogens with zero attached hydrogens (tertiary/aromatic N) is 1. The molecule has 0 spiro atoms. The Kier molecular flexibility index (Phi) is 10.9. The van der Waals surface area contributed by atoms with Crippen molar-refractivity contribution < 1.29 is 33.9 Å². The zero-order valence-electron chi connectivity index (χ0n) is 19.5. The highest BCUT2D eigenvalue weighted by Crippen LogP contribution is 2.16. The Hall–Kier alpha value is -4.45. The number of aliphatic carboxylic acids is 1. The maximum Gasteiger partial charge on any atom is 0.326 e. The maximum absolute atomic E-state index is 13.2. The van der Waals surface area contributed by atoms with Gasteiger partial charge in [0, 0.05) is 25.1 Å². The first-order chi connectivity index (χ1) is 17.2. The summed E-state index contributed by atoms with van der Waals surface area (Å²) in [5.74, 6) is -3.28. The van der Waals surface area contributed by atoms with Gasteiger partial charge in [0.05, 0.1) is 6.54 Å². The third kappa shape index (κ3) is 9.06. The van der Waals surface area contributed by atoms with E-state index in [1.165, 1.54) is 4.90 Å². The molecule has 0 saturated carbocycles. The zero-order chi connectivity index (χ0) is 26.5. The number of rotatable bonds is 15. The molecule has 3 amide bonds. The van der Waals surface area contributed by atoms with Crippen molar-refractivity contribution in [3.63, 3.8) is 0 Å². The second-order valence-electron chi connectivity index (χ2n) is 7.91. The van der Waals surface area contributed by atoms with Crippen LogP contribution in [-0.4, -0.2) is 58.8 Å². The van der Waals surface area contributed by atoms with Crippen LogP contribution in [0.4, 0.5) is 5.69 Å². The van der Waals surface area contributed by atoms with Crippen LogP contribution in [0.2, 0.25) is 0 Å². The lowest BCUT2D eigenvalue weighted by atomic mass is 10.0. The van der Waals surface area contributed by atoms with E-state index in [1.54, 1.807) is 54.6 Å². The Balaban J connectivity index is 2.20. The second-order valence-corrected chi connectivity index (χ2v) is 7.91. The summed E-state index contributed by atoms with van der Waals surface area (Å²) in [5.41, 5.74) is 14.9. The number of carboxylic acids is 1. The number of hydrogen-bond acceptors (Lipinski definition) is 8. The number of primary amides is 1. The molecule has 0 aliphatic rings. The number of carbonyl (C=O) groups is 5. The molecule has 0 heterocycles. The summed E-state index contributed by atoms with van der Waals surface area (Å²) in [6.45, 7) is -0.488. The van der Waals surface area contributed by atoms with E-state index in [1.807, 2.05) is 0 Å². The topological polar surface area (TPSA) is 194 Å². The van der Waals surface area contributed by atoms with Gasteiger partial charge in [-0.3, -0.25) is 19.2 Å². The van der Waals surface area contributed by atoms with Gasteiger partial charge >= 0.3 is 12.4 Å². The summed E-state index contributed by atoms with van der Waals surface area (Å²) < 4.78 is 0. The first-order valence-corrected chi connectivity index (χ1v) is 11.0. The summed E-state index contributed by atoms with van der Waals surface area (Å²) >= 11 is 0. The van der Waals surface area contributed by atoms with Crippen LogP contribution in [0.3, 0.4) is 0 Å². The number of carboxylic acid groups (broad SMARTS) is 1. The van der Waals surface area contributed by atoms with Crippen molar-refractivity contribution in [2.24, 2.45) is 5.73 Å². The lowest BCUT2D eigenvalue weighted by molar-refractivity contribution is -0.150. The molecule has 2 rings (SSSR count). The number of hydrogen-bond donors (Lipinski definition) is 5. The average molecular weight is 500 g/mol. The summed E-state index contributed by atoms with van der Waals surface area (Å²) in [4.78, 5) is 65.1. The molecule has 192 valence electrons. The van der Waals surface area contributed by atoms with Gasteiger partial charge in [-0.2, -0.15) is 0 Å². The third-order valence-corrected chi connectivity index (χ3v) is 5.25. The second kappa shape index (κ2) is 14.1. The largest absolute Gasteiger partial charge is 0.480 e. The van der Waals surface area contributed by atoms with Crippen molar-refractivity contribution >= 4 is 35.9 Å². The molecule has 36 heavy (non-hydrogen) atoms. The lowest BCUT2D eigenvalue weighted by Gasteiger charge is -2.30. The van der Waals surface area contributed by atoms with E-state index in [-0.39, 0.29) is 32.3 Å². The molecule has 2 aromatic rings. The van der Waals surface area contributed by atoms with Crippen molar-refractivity contribution in [3.8, 4) is 0 Å². The Labute approximate surface area is 207 Å². The fraction of sp³-hybridized carbons (Fsp3) is 0.292. The molecular formula is C24H29N5O7. The van der Waals surface area contributed by atoms with Gasteiger partial charge in [0.25, 0.3) is 0 Å². The minimum absolute atomic E-state index is 0.0120. The molecule has 0 radical (unpaired) electrons. The molecule has 12 nitrogen and oxygen atoms in total. The average Bonchev–Trinajstić information content (AvgIpc) is 2.86. The molecule has 2 aromatic carbocycles. The van der Waals surface area contributed by atoms with Crippen LogP contribution in [0.1, 0.15) is 24.0 Å². The number of amides is 3. The molecule has 0 aliphatic carbocycles. The van der Waals surface area contributed by atoms with Gasteiger partial charge in [0.15, 0.2) is 0 Å². The van der Waals surface area contributed by atoms with Gasteiger partial charge in [-0.05, 0) is 29.7 Å². The molecule has 0 saturated heterocycles. The molecular weight excluding hydrogens is 470 g/mol. The van der Waals surface area contributed by atoms with Gasteiger partial charge in [0.2, 0.25) is 17.7 Å². The molecule has 0 bridgehead atoms. The zero-order valence-corrected chi connectivity index (χ0v) is 19.5. The minimum atomic E-state index is -1.24. The van der Waals surface area contributed by atoms with Crippen LogP contribution in [0.5, 0.6) is 0 Å². The maximum atomic E-state index is 13.2. The highest BCUT2D eigenvalue weighted by atomic mass is 16.7. The standard InChI is InChI=1S/C24H29N5O7/c25-18-8-6-16(7-9-18)12-20(24(34)35)29(14-17-4-2-1-3-5-17)22(32)13-27-23(33)19(28-36-15-30)10-11-21(26)31/h1-9,15,19-20,28H,10-14,25H2,(H2,26,31)(H,27,33)(H,34,35)/t19-,20-/m0/s1. The summed E-state index contributed by atoms with van der Waals surface area (Å²) in [7, 11) is 0. The predicted molar refractivity (Wildman–Crippen MR) is 128 cm³/mol. The quantitative estimate of drug-likeness (QED) is 0.124. The van der Waals surface area contributed by atoms with Crippen LogP contribution >= 0.6 is 0 Å². The van der Waals surface area contributed by atoms with Crippen molar-refractivity contribution in [2.45, 2.75) is 37.9 Å². The van der Waals surface area contributed by atoms with Gasteiger partial charge < -0.3 is 31.6 Å². The number of anilines is 1. The Morgan fingerprint density at radius 2 is 1.69 bits per heavy atom. The van der Waals surface area contributed by atoms with E-state index in [0.29, 0.717) is 16.8 Å². The van der Waals surface area contributed by atoms with E-state index < -0.39 is 42.3 Å². The van der Waals surface area contributed by atoms with Gasteiger partial charge in [-0.1, -0.05) is 42.5 Å². The number of carbonyl (C=O) groups excluding carboxylic acids is 4. The van der Waals surface area contributed by atoms with Gasteiger partial charge in [0.1, 0.15) is 12.1 Å². The van der Waals surface area contributed by atoms with Crippen LogP contribution in [0.25, 0.3) is 0 Å². The molecule has 2 atom stereocenters. The van der Waals surface area contributed by atoms with Crippen LogP contribution < -0.4 is 22.3 Å². The van der Waals surface area contributed by atoms with Crippen molar-refractivity contribution in [1.82, 2.24) is 15.7 Å². The monoisotopic (exact) mass is 499 g/mol. The Morgan fingerprint density at radius 1 is 1.03 bits per heavy atom. The van der Waals surface area contributed by atoms with Crippen molar-refractivity contribution in [2.75, 3.05) is 12.3 Å². The first-order valence-electron chi connectivity index (χ1n) is 11.0. The Bertz CT molecular complexity index is 1050. The number of nitrogens with one attached hydrogen (secondary N) is 2. The normalized spacial score (nSPS) is 12.1. The van der Waals surface area contributed by atoms with E-state index in [9.17, 15) is 29.1 Å². The number of benzene rings is 2. The number of nitrogens with two attached hydrogens (primary N) is 2. The van der Waals surface area contributed by atoms with Gasteiger partial charge in [-0.15, -0.1) is 5.48 Å². The fourth-order valence-corrected chi connectivity index (χ4v) is 3.39. The van der Waals surface area contributed by atoms with Crippen molar-refractivity contribution in [3.05, 3.63) is 65.7 Å². The number of nitrogen functional groups attached to an aromatic ring is 1. The third-order valence-electron chi connectivity index (χ3n) is 5.25. The van der Waals surface area contributed by atoms with E-state index in [2.05, 4.69) is 15.6 Å². The molecule has 0 unspecified atom stereocenters. The van der Waals surface area contributed by atoms with Crippen LogP contribution in [-0.2, 0) is 41.8 Å². The summed E-state index contributed by atoms with van der Waals surface area (Å²) in [6.07, 6.45) is -0.256. The molecule has 7 N–H and O–H groups in total. The highest BCUT2D eigenvalue weighted by molar-refractivity contribution is 5.90. The Morgan fingerprint density at radius 3 is 2.28 bits per heavy atom. The molecule has 0 aromatic heterocycles. The fourth-order valence-electron chi connectivity index (χ4n) is 3.39. The van der Waals surface area contributed by atoms with E-state index in [4.69, 9.17) is 11.5 Å². The molecule has 12 heteroatoms. The smallest absolute Gasteiger partial charge is 0.326 e. The van der Waals surface area contributed by atoms with Crippen LogP contribution in [0.15, 0.2) is 54.6 Å². The number of hydroxylamine groups is 1. The van der Waals surface area contributed by atoms with Crippen molar-refractivity contribution in [1.29, 1.82) is 0 Å². The summed E-state index contributed by atoms with van der Waals surface area (Å²) in [6, 6.07) is 13.1. The summed E-state index contributed by atoms with van der Waals surface area (Å²) in [5, 5.41) is 12.4. The van der Waals surface area contributed by atoms with Crippen LogP contribution in [0, 0.1) is 0 Å². The van der Waals surface area contributed by atoms with Gasteiger partial charge in [-0.25, -0.2) is 4.79 Å². The molecule has 0 aliphatic heterocycles. The minimum Gasteiger partial charge on any atom is -0.480 e. The first kappa shape index (κ1) is 27.8. The predicted octanol–water partition coefficient (Wildman–Crippen LogP) is -0.279.